The average Bonchev–Trinajstić information content (AvgIpc) is 3.53. The summed E-state index contributed by atoms with van der Waals surface area (Å²) >= 11 is 6.31. The molecule has 5 heterocycles. The van der Waals surface area contributed by atoms with Crippen LogP contribution < -0.4 is 10.5 Å². The molecule has 31 heavy (non-hydrogen) atoms. The van der Waals surface area contributed by atoms with Gasteiger partial charge in [-0.2, -0.15) is 5.10 Å². The van der Waals surface area contributed by atoms with Gasteiger partial charge in [0.1, 0.15) is 11.8 Å². The second kappa shape index (κ2) is 6.88. The van der Waals surface area contributed by atoms with Gasteiger partial charge in [-0.1, -0.05) is 35.0 Å². The van der Waals surface area contributed by atoms with Gasteiger partial charge in [0.25, 0.3) is 5.56 Å². The molecular weight excluding hydrogens is 418 g/mol. The zero-order valence-electron chi connectivity index (χ0n) is 16.2. The summed E-state index contributed by atoms with van der Waals surface area (Å²) in [5.74, 6) is 1.28. The van der Waals surface area contributed by atoms with Gasteiger partial charge in [0.15, 0.2) is 22.8 Å². The van der Waals surface area contributed by atoms with Crippen molar-refractivity contribution in [2.24, 2.45) is 0 Å². The molecule has 1 N–H and O–H groups in total. The zero-order valence-corrected chi connectivity index (χ0v) is 16.9. The van der Waals surface area contributed by atoms with Crippen LogP contribution >= 0.6 is 11.6 Å². The van der Waals surface area contributed by atoms with Crippen molar-refractivity contribution in [1.82, 2.24) is 39.6 Å². The van der Waals surface area contributed by atoms with Gasteiger partial charge in [0.05, 0.1) is 16.8 Å². The number of aromatic nitrogens is 8. The first-order valence-corrected chi connectivity index (χ1v) is 10.2. The largest absolute Gasteiger partial charge is 0.344 e. The maximum atomic E-state index is 13.5. The van der Waals surface area contributed by atoms with Gasteiger partial charge < -0.3 is 4.90 Å². The van der Waals surface area contributed by atoms with Gasteiger partial charge in [0, 0.05) is 12.7 Å². The molecule has 0 radical (unpaired) electrons. The number of nitrogens with one attached hydrogen (secondary N) is 1. The number of anilines is 1. The van der Waals surface area contributed by atoms with Gasteiger partial charge in [-0.25, -0.2) is 19.6 Å². The van der Waals surface area contributed by atoms with E-state index in [1.807, 2.05) is 30.3 Å². The zero-order chi connectivity index (χ0) is 20.9. The summed E-state index contributed by atoms with van der Waals surface area (Å²) in [4.78, 5) is 24.3. The van der Waals surface area contributed by atoms with Crippen molar-refractivity contribution < 1.29 is 0 Å². The summed E-state index contributed by atoms with van der Waals surface area (Å²) in [7, 11) is 0. The van der Waals surface area contributed by atoms with E-state index in [0.29, 0.717) is 33.3 Å². The first kappa shape index (κ1) is 18.0. The highest BCUT2D eigenvalue weighted by Crippen LogP contribution is 2.36. The van der Waals surface area contributed by atoms with Crippen LogP contribution in [0.4, 0.5) is 5.82 Å². The van der Waals surface area contributed by atoms with E-state index in [1.165, 1.54) is 6.33 Å². The van der Waals surface area contributed by atoms with Crippen LogP contribution in [-0.4, -0.2) is 46.1 Å². The van der Waals surface area contributed by atoms with Crippen molar-refractivity contribution in [3.63, 3.8) is 0 Å². The van der Waals surface area contributed by atoms with Gasteiger partial charge in [-0.15, -0.1) is 5.10 Å². The van der Waals surface area contributed by atoms with Crippen LogP contribution in [-0.2, 0) is 0 Å². The Morgan fingerprint density at radius 2 is 2.00 bits per heavy atom. The first-order valence-electron chi connectivity index (χ1n) is 9.86. The fraction of sp³-hybridized carbons (Fsp3) is 0.200. The first-order chi connectivity index (χ1) is 15.2. The second-order valence-corrected chi connectivity index (χ2v) is 7.76. The lowest BCUT2D eigenvalue weighted by Gasteiger charge is -2.27. The predicted octanol–water partition coefficient (Wildman–Crippen LogP) is 2.54. The fourth-order valence-electron chi connectivity index (χ4n) is 4.25. The third-order valence-electron chi connectivity index (χ3n) is 5.61. The molecule has 0 amide bonds. The smallest absolute Gasteiger partial charge is 0.284 e. The number of halogens is 1. The van der Waals surface area contributed by atoms with Crippen molar-refractivity contribution in [2.45, 2.75) is 18.9 Å². The normalized spacial score (nSPS) is 16.5. The summed E-state index contributed by atoms with van der Waals surface area (Å²) in [6.45, 7) is 0.749. The highest BCUT2D eigenvalue weighted by atomic mass is 35.5. The maximum Gasteiger partial charge on any atom is 0.284 e. The Morgan fingerprint density at radius 3 is 2.87 bits per heavy atom. The number of rotatable bonds is 3. The molecule has 1 aromatic carbocycles. The molecule has 0 unspecified atom stereocenters. The van der Waals surface area contributed by atoms with Crippen LogP contribution in [0, 0.1) is 0 Å². The summed E-state index contributed by atoms with van der Waals surface area (Å²) in [6.07, 6.45) is 4.92. The summed E-state index contributed by atoms with van der Waals surface area (Å²) in [5.41, 5.74) is 2.02. The minimum Gasteiger partial charge on any atom is -0.344 e. The molecule has 1 aliphatic heterocycles. The molecule has 5 aromatic rings. The molecule has 10 nitrogen and oxygen atoms in total. The molecule has 11 heteroatoms. The lowest BCUT2D eigenvalue weighted by Crippen LogP contribution is -2.33. The Labute approximate surface area is 180 Å². The Hall–Kier alpha value is -3.79. The summed E-state index contributed by atoms with van der Waals surface area (Å²) in [6, 6.07) is 11.0. The standard InChI is InChI=1S/C20H16ClN9O/c21-13-8-10-29-16(13)20(31)30(12-5-2-1-3-6-12)18(26-29)14-7-4-9-28(14)19-15-17(22-11-23-19)25-27-24-15/h1-3,5-6,8,10-11,14H,4,7,9H2,(H,22,23,24,25,27)/t14-/m0/s1. The predicted molar refractivity (Wildman–Crippen MR) is 115 cm³/mol. The minimum absolute atomic E-state index is 0.187. The molecule has 4 aromatic heterocycles. The van der Waals surface area contributed by atoms with Crippen LogP contribution in [0.2, 0.25) is 5.02 Å². The van der Waals surface area contributed by atoms with E-state index in [-0.39, 0.29) is 11.6 Å². The molecule has 0 aliphatic carbocycles. The molecule has 1 saturated heterocycles. The van der Waals surface area contributed by atoms with Crippen LogP contribution in [0.5, 0.6) is 0 Å². The quantitative estimate of drug-likeness (QED) is 0.465. The number of aromatic amines is 1. The summed E-state index contributed by atoms with van der Waals surface area (Å²) in [5, 5.41) is 16.0. The van der Waals surface area contributed by atoms with Crippen molar-refractivity contribution in [3.8, 4) is 5.69 Å². The minimum atomic E-state index is -0.215. The Balaban J connectivity index is 1.60. The molecular formula is C20H16ClN9O. The SMILES string of the molecule is O=c1c2c(Cl)ccn2nc([C@@H]2CCCN2c2ncnc3[nH]nnc23)n1-c1ccccc1. The van der Waals surface area contributed by atoms with Crippen molar-refractivity contribution in [1.29, 1.82) is 0 Å². The molecule has 154 valence electrons. The van der Waals surface area contributed by atoms with Crippen molar-refractivity contribution >= 4 is 34.1 Å². The van der Waals surface area contributed by atoms with E-state index in [4.69, 9.17) is 16.7 Å². The number of para-hydroxylation sites is 1. The Morgan fingerprint density at radius 1 is 1.13 bits per heavy atom. The lowest BCUT2D eigenvalue weighted by molar-refractivity contribution is 0.602. The van der Waals surface area contributed by atoms with Crippen LogP contribution in [0.3, 0.4) is 0 Å². The van der Waals surface area contributed by atoms with E-state index < -0.39 is 0 Å². The second-order valence-electron chi connectivity index (χ2n) is 7.35. The molecule has 0 saturated carbocycles. The molecule has 1 aliphatic rings. The van der Waals surface area contributed by atoms with Gasteiger partial charge in [-0.3, -0.25) is 9.36 Å². The maximum absolute atomic E-state index is 13.5. The van der Waals surface area contributed by atoms with Crippen molar-refractivity contribution in [2.75, 3.05) is 11.4 Å². The van der Waals surface area contributed by atoms with E-state index in [0.717, 1.165) is 25.1 Å². The molecule has 0 bridgehead atoms. The Bertz CT molecular complexity index is 1470. The third-order valence-corrected chi connectivity index (χ3v) is 5.91. The Kier molecular flexibility index (Phi) is 4.00. The number of fused-ring (bicyclic) bond motifs is 2. The molecule has 0 spiro atoms. The molecule has 1 atom stereocenters. The molecule has 6 rings (SSSR count). The topological polar surface area (TPSA) is 110 Å². The average molecular weight is 434 g/mol. The fourth-order valence-corrected chi connectivity index (χ4v) is 4.48. The lowest BCUT2D eigenvalue weighted by atomic mass is 10.2. The highest BCUT2D eigenvalue weighted by molar-refractivity contribution is 6.33. The highest BCUT2D eigenvalue weighted by Gasteiger charge is 2.34. The third kappa shape index (κ3) is 2.72. The number of hydrogen-bond acceptors (Lipinski definition) is 7. The van der Waals surface area contributed by atoms with Gasteiger partial charge in [-0.05, 0) is 31.0 Å². The monoisotopic (exact) mass is 433 g/mol. The van der Waals surface area contributed by atoms with Crippen LogP contribution in [0.15, 0.2) is 53.7 Å². The van der Waals surface area contributed by atoms with Gasteiger partial charge in [0.2, 0.25) is 0 Å². The number of H-pyrrole nitrogens is 1. The number of hydrogen-bond donors (Lipinski definition) is 1. The van der Waals surface area contributed by atoms with E-state index in [2.05, 4.69) is 30.3 Å². The van der Waals surface area contributed by atoms with E-state index >= 15 is 0 Å². The van der Waals surface area contributed by atoms with Gasteiger partial charge >= 0.3 is 0 Å². The molecule has 1 fully saturated rings. The number of benzene rings is 1. The van der Waals surface area contributed by atoms with Crippen LogP contribution in [0.1, 0.15) is 24.7 Å². The summed E-state index contributed by atoms with van der Waals surface area (Å²) < 4.78 is 3.20. The number of nitrogens with zero attached hydrogens (tertiary/aromatic N) is 8. The van der Waals surface area contributed by atoms with Crippen LogP contribution in [0.25, 0.3) is 22.4 Å². The van der Waals surface area contributed by atoms with Crippen molar-refractivity contribution in [3.05, 3.63) is 70.1 Å². The van der Waals surface area contributed by atoms with E-state index in [9.17, 15) is 4.79 Å². The van der Waals surface area contributed by atoms with E-state index in [1.54, 1.807) is 21.3 Å².